The maximum atomic E-state index is 10.3. The number of rotatable bonds is 3. The minimum Gasteiger partial charge on any atom is -0.507 e. The lowest BCUT2D eigenvalue weighted by molar-refractivity contribution is 0.475. The smallest absolute Gasteiger partial charge is 0.124 e. The molecule has 0 fully saturated rings. The number of nitrogens with zero attached hydrogens (tertiary/aromatic N) is 1. The van der Waals surface area contributed by atoms with Crippen LogP contribution in [0, 0.1) is 0 Å². The summed E-state index contributed by atoms with van der Waals surface area (Å²) in [6, 6.07) is 29.8. The van der Waals surface area contributed by atoms with Crippen LogP contribution in [0.4, 0.5) is 5.69 Å². The van der Waals surface area contributed by atoms with Gasteiger partial charge in [0.25, 0.3) is 0 Å². The van der Waals surface area contributed by atoms with Crippen LogP contribution >= 0.6 is 0 Å². The number of benzene rings is 4. The van der Waals surface area contributed by atoms with Crippen LogP contribution in [0.1, 0.15) is 5.56 Å². The van der Waals surface area contributed by atoms with E-state index in [1.54, 1.807) is 12.3 Å². The molecule has 2 heteroatoms. The van der Waals surface area contributed by atoms with Crippen molar-refractivity contribution in [3.8, 4) is 16.9 Å². The number of hydrogen-bond donors (Lipinski definition) is 1. The highest BCUT2D eigenvalue weighted by Gasteiger charge is 2.06. The van der Waals surface area contributed by atoms with Gasteiger partial charge in [-0.1, -0.05) is 78.9 Å². The van der Waals surface area contributed by atoms with Gasteiger partial charge in [0.1, 0.15) is 5.75 Å². The molecule has 4 rings (SSSR count). The van der Waals surface area contributed by atoms with E-state index < -0.39 is 0 Å². The molecule has 1 N–H and O–H groups in total. The molecule has 0 spiro atoms. The van der Waals surface area contributed by atoms with Gasteiger partial charge in [-0.05, 0) is 28.5 Å². The molecule has 4 aromatic carbocycles. The summed E-state index contributed by atoms with van der Waals surface area (Å²) in [6.45, 7) is 0. The zero-order valence-corrected chi connectivity index (χ0v) is 13.6. The average Bonchev–Trinajstić information content (AvgIpc) is 2.68. The van der Waals surface area contributed by atoms with E-state index in [1.807, 2.05) is 66.7 Å². The molecule has 4 aromatic rings. The summed E-state index contributed by atoms with van der Waals surface area (Å²) in [5, 5.41) is 12.4. The number of aliphatic imine (C=N–C) groups is 1. The Hall–Kier alpha value is -3.39. The second kappa shape index (κ2) is 6.62. The van der Waals surface area contributed by atoms with E-state index >= 15 is 0 Å². The number of aromatic hydroxyl groups is 1. The van der Waals surface area contributed by atoms with Crippen LogP contribution in [0.2, 0.25) is 0 Å². The molecule has 25 heavy (non-hydrogen) atoms. The van der Waals surface area contributed by atoms with Gasteiger partial charge in [0.05, 0.1) is 5.69 Å². The van der Waals surface area contributed by atoms with E-state index in [0.29, 0.717) is 0 Å². The zero-order valence-electron chi connectivity index (χ0n) is 13.6. The number of para-hydroxylation sites is 1. The first-order valence-corrected chi connectivity index (χ1v) is 8.22. The Kier molecular flexibility index (Phi) is 4.01. The van der Waals surface area contributed by atoms with Crippen molar-refractivity contribution in [2.45, 2.75) is 0 Å². The molecule has 0 atom stereocenters. The summed E-state index contributed by atoms with van der Waals surface area (Å²) in [4.78, 5) is 4.68. The molecule has 0 radical (unpaired) electrons. The lowest BCUT2D eigenvalue weighted by atomic mass is 10.0. The van der Waals surface area contributed by atoms with Crippen LogP contribution in [0.25, 0.3) is 21.9 Å². The van der Waals surface area contributed by atoms with Crippen molar-refractivity contribution >= 4 is 22.7 Å². The monoisotopic (exact) mass is 323 g/mol. The first-order valence-electron chi connectivity index (χ1n) is 8.22. The third kappa shape index (κ3) is 3.02. The molecular weight excluding hydrogens is 306 g/mol. The van der Waals surface area contributed by atoms with Crippen LogP contribution in [0.5, 0.6) is 5.75 Å². The van der Waals surface area contributed by atoms with Gasteiger partial charge in [-0.15, -0.1) is 0 Å². The summed E-state index contributed by atoms with van der Waals surface area (Å²) in [6.07, 6.45) is 1.75. The van der Waals surface area contributed by atoms with Crippen molar-refractivity contribution in [2.24, 2.45) is 4.99 Å². The SMILES string of the molecule is Oc1ccc2ccccc2c1/C=N/c1ccccc1-c1ccccc1. The van der Waals surface area contributed by atoms with Crippen molar-refractivity contribution in [3.63, 3.8) is 0 Å². The van der Waals surface area contributed by atoms with E-state index in [9.17, 15) is 5.11 Å². The molecule has 0 unspecified atom stereocenters. The third-order valence-electron chi connectivity index (χ3n) is 4.27. The molecule has 0 heterocycles. The van der Waals surface area contributed by atoms with Gasteiger partial charge in [-0.25, -0.2) is 0 Å². The molecule has 0 aromatic heterocycles. The second-order valence-corrected chi connectivity index (χ2v) is 5.86. The average molecular weight is 323 g/mol. The highest BCUT2D eigenvalue weighted by atomic mass is 16.3. The highest BCUT2D eigenvalue weighted by Crippen LogP contribution is 2.31. The van der Waals surface area contributed by atoms with E-state index in [2.05, 4.69) is 23.2 Å². The van der Waals surface area contributed by atoms with Crippen LogP contribution in [-0.4, -0.2) is 11.3 Å². The van der Waals surface area contributed by atoms with Gasteiger partial charge in [0, 0.05) is 17.3 Å². The molecule has 120 valence electrons. The standard InChI is InChI=1S/C23H17NO/c25-23-15-14-18-10-4-5-11-19(18)21(23)16-24-22-13-7-6-12-20(22)17-8-2-1-3-9-17/h1-16,25H/b24-16+. The number of phenolic OH excluding ortho intramolecular Hbond substituents is 1. The minimum absolute atomic E-state index is 0.236. The number of fused-ring (bicyclic) bond motifs is 1. The Morgan fingerprint density at radius 2 is 1.40 bits per heavy atom. The Bertz CT molecular complexity index is 1050. The summed E-state index contributed by atoms with van der Waals surface area (Å²) in [5.74, 6) is 0.236. The first kappa shape index (κ1) is 15.2. The first-order chi connectivity index (χ1) is 12.3. The Labute approximate surface area is 146 Å². The summed E-state index contributed by atoms with van der Waals surface area (Å²) >= 11 is 0. The fourth-order valence-electron chi connectivity index (χ4n) is 3.00. The van der Waals surface area contributed by atoms with Gasteiger partial charge < -0.3 is 5.11 Å². The molecule has 0 aliphatic rings. The van der Waals surface area contributed by atoms with Crippen LogP contribution in [0.3, 0.4) is 0 Å². The molecule has 0 saturated carbocycles. The maximum absolute atomic E-state index is 10.3. The van der Waals surface area contributed by atoms with E-state index in [0.717, 1.165) is 33.2 Å². The van der Waals surface area contributed by atoms with Gasteiger partial charge >= 0.3 is 0 Å². The van der Waals surface area contributed by atoms with Crippen molar-refractivity contribution < 1.29 is 5.11 Å². The van der Waals surface area contributed by atoms with Crippen LogP contribution < -0.4 is 0 Å². The van der Waals surface area contributed by atoms with Gasteiger partial charge in [0.15, 0.2) is 0 Å². The third-order valence-corrected chi connectivity index (χ3v) is 4.27. The van der Waals surface area contributed by atoms with E-state index in [1.165, 1.54) is 0 Å². The zero-order chi connectivity index (χ0) is 17.1. The molecule has 0 aliphatic carbocycles. The normalized spacial score (nSPS) is 11.2. The van der Waals surface area contributed by atoms with Crippen molar-refractivity contribution in [1.82, 2.24) is 0 Å². The second-order valence-electron chi connectivity index (χ2n) is 5.86. The summed E-state index contributed by atoms with van der Waals surface area (Å²) < 4.78 is 0. The van der Waals surface area contributed by atoms with Crippen molar-refractivity contribution in [2.75, 3.05) is 0 Å². The van der Waals surface area contributed by atoms with Gasteiger partial charge in [-0.2, -0.15) is 0 Å². The van der Waals surface area contributed by atoms with Crippen LogP contribution in [-0.2, 0) is 0 Å². The fourth-order valence-corrected chi connectivity index (χ4v) is 3.00. The van der Waals surface area contributed by atoms with Gasteiger partial charge in [0.2, 0.25) is 0 Å². The maximum Gasteiger partial charge on any atom is 0.124 e. The Morgan fingerprint density at radius 1 is 0.680 bits per heavy atom. The molecule has 0 amide bonds. The summed E-state index contributed by atoms with van der Waals surface area (Å²) in [5.41, 5.74) is 3.80. The molecule has 0 bridgehead atoms. The highest BCUT2D eigenvalue weighted by molar-refractivity contribution is 6.03. The van der Waals surface area contributed by atoms with Crippen LogP contribution in [0.15, 0.2) is 96.0 Å². The number of hydrogen-bond acceptors (Lipinski definition) is 2. The molecule has 0 aliphatic heterocycles. The largest absolute Gasteiger partial charge is 0.507 e. The quantitative estimate of drug-likeness (QED) is 0.463. The summed E-state index contributed by atoms with van der Waals surface area (Å²) in [7, 11) is 0. The Balaban J connectivity index is 1.81. The predicted octanol–water partition coefficient (Wildman–Crippen LogP) is 5.96. The Morgan fingerprint density at radius 3 is 2.28 bits per heavy atom. The topological polar surface area (TPSA) is 32.6 Å². The van der Waals surface area contributed by atoms with E-state index in [4.69, 9.17) is 0 Å². The lowest BCUT2D eigenvalue weighted by Crippen LogP contribution is -1.86. The molecule has 2 nitrogen and oxygen atoms in total. The minimum atomic E-state index is 0.236. The lowest BCUT2D eigenvalue weighted by Gasteiger charge is -2.07. The van der Waals surface area contributed by atoms with E-state index in [-0.39, 0.29) is 5.75 Å². The van der Waals surface area contributed by atoms with Crippen molar-refractivity contribution in [3.05, 3.63) is 96.6 Å². The van der Waals surface area contributed by atoms with Crippen molar-refractivity contribution in [1.29, 1.82) is 0 Å². The molecule has 0 saturated heterocycles. The molecular formula is C23H17NO. The fraction of sp³-hybridized carbons (Fsp3) is 0. The van der Waals surface area contributed by atoms with Gasteiger partial charge in [-0.3, -0.25) is 4.99 Å². The number of phenols is 1. The predicted molar refractivity (Wildman–Crippen MR) is 105 cm³/mol.